The highest BCUT2D eigenvalue weighted by Gasteiger charge is 2.05. The highest BCUT2D eigenvalue weighted by atomic mass is 19.1. The molecule has 0 radical (unpaired) electrons. The molecule has 100 valence electrons. The molecule has 1 aromatic carbocycles. The van der Waals surface area contributed by atoms with E-state index in [0.29, 0.717) is 23.1 Å². The topological polar surface area (TPSA) is 57.8 Å². The molecule has 20 heavy (non-hydrogen) atoms. The van der Waals surface area contributed by atoms with Crippen LogP contribution >= 0.6 is 0 Å². The van der Waals surface area contributed by atoms with E-state index in [1.807, 2.05) is 12.1 Å². The molecule has 0 atom stereocenters. The number of hydrogen-bond acceptors (Lipinski definition) is 3. The number of hydrogen-bond donors (Lipinski definition) is 2. The summed E-state index contributed by atoms with van der Waals surface area (Å²) in [6.07, 6.45) is 3.37. The van der Waals surface area contributed by atoms with Gasteiger partial charge >= 0.3 is 0 Å². The van der Waals surface area contributed by atoms with Gasteiger partial charge in [-0.05, 0) is 35.9 Å². The minimum atomic E-state index is -0.349. The van der Waals surface area contributed by atoms with Crippen molar-refractivity contribution in [3.8, 4) is 0 Å². The number of aromatic nitrogens is 2. The number of rotatable bonds is 3. The molecule has 0 bridgehead atoms. The molecular weight excluding hydrogens is 257 g/mol. The number of aromatic amines is 1. The Morgan fingerprint density at radius 2 is 1.95 bits per heavy atom. The smallest absolute Gasteiger partial charge is 0.248 e. The molecule has 0 unspecified atom stereocenters. The lowest BCUT2D eigenvalue weighted by molar-refractivity contribution is 0.632. The van der Waals surface area contributed by atoms with Crippen LogP contribution in [0, 0.1) is 5.82 Å². The van der Waals surface area contributed by atoms with Gasteiger partial charge in [0.25, 0.3) is 0 Å². The van der Waals surface area contributed by atoms with E-state index in [2.05, 4.69) is 15.3 Å². The summed E-state index contributed by atoms with van der Waals surface area (Å²) < 4.78 is 14.0. The van der Waals surface area contributed by atoms with Gasteiger partial charge in [0.2, 0.25) is 5.56 Å². The van der Waals surface area contributed by atoms with Crippen LogP contribution in [-0.4, -0.2) is 9.97 Å². The van der Waals surface area contributed by atoms with Crippen LogP contribution in [0.5, 0.6) is 0 Å². The first-order valence-electron chi connectivity index (χ1n) is 6.18. The normalized spacial score (nSPS) is 10.7. The molecule has 2 aromatic heterocycles. The van der Waals surface area contributed by atoms with Crippen LogP contribution in [0.2, 0.25) is 0 Å². The number of fused-ring (bicyclic) bond motifs is 1. The molecule has 0 saturated heterocycles. The maximum atomic E-state index is 14.0. The van der Waals surface area contributed by atoms with E-state index < -0.39 is 0 Å². The van der Waals surface area contributed by atoms with Gasteiger partial charge in [0.1, 0.15) is 5.82 Å². The summed E-state index contributed by atoms with van der Waals surface area (Å²) in [5.41, 5.74) is 1.76. The van der Waals surface area contributed by atoms with Gasteiger partial charge in [0.05, 0.1) is 11.2 Å². The quantitative estimate of drug-likeness (QED) is 0.768. The number of nitrogens with zero attached hydrogens (tertiary/aromatic N) is 1. The predicted molar refractivity (Wildman–Crippen MR) is 76.1 cm³/mol. The van der Waals surface area contributed by atoms with Gasteiger partial charge in [-0.15, -0.1) is 0 Å². The minimum Gasteiger partial charge on any atom is -0.379 e. The fourth-order valence-corrected chi connectivity index (χ4v) is 2.01. The van der Waals surface area contributed by atoms with E-state index in [0.717, 1.165) is 5.56 Å². The zero-order valence-electron chi connectivity index (χ0n) is 10.6. The van der Waals surface area contributed by atoms with Crippen LogP contribution in [0.1, 0.15) is 5.56 Å². The molecule has 3 aromatic rings. The van der Waals surface area contributed by atoms with Crippen LogP contribution < -0.4 is 10.9 Å². The summed E-state index contributed by atoms with van der Waals surface area (Å²) in [4.78, 5) is 17.9. The fourth-order valence-electron chi connectivity index (χ4n) is 2.01. The second kappa shape index (κ2) is 5.13. The Morgan fingerprint density at radius 3 is 2.75 bits per heavy atom. The molecule has 0 amide bonds. The van der Waals surface area contributed by atoms with Gasteiger partial charge in [-0.2, -0.15) is 0 Å². The lowest BCUT2D eigenvalue weighted by Crippen LogP contribution is -2.05. The minimum absolute atomic E-state index is 0.204. The molecule has 0 aliphatic rings. The highest BCUT2D eigenvalue weighted by Crippen LogP contribution is 2.21. The van der Waals surface area contributed by atoms with Crippen LogP contribution in [-0.2, 0) is 6.54 Å². The Morgan fingerprint density at radius 1 is 1.15 bits per heavy atom. The van der Waals surface area contributed by atoms with Crippen molar-refractivity contribution in [2.24, 2.45) is 0 Å². The molecule has 0 aliphatic heterocycles. The zero-order valence-corrected chi connectivity index (χ0v) is 10.6. The largest absolute Gasteiger partial charge is 0.379 e. The standard InChI is InChI=1S/C15H12FN3O/c16-12-7-11-1-2-15(20)19-13(11)8-14(12)18-9-10-3-5-17-6-4-10/h1-8,18H,9H2,(H,19,20). The molecule has 3 rings (SSSR count). The lowest BCUT2D eigenvalue weighted by Gasteiger charge is -2.09. The van der Waals surface area contributed by atoms with Gasteiger partial charge in [-0.1, -0.05) is 0 Å². The number of H-pyrrole nitrogens is 1. The number of anilines is 1. The monoisotopic (exact) mass is 269 g/mol. The van der Waals surface area contributed by atoms with E-state index in [9.17, 15) is 9.18 Å². The first-order valence-corrected chi connectivity index (χ1v) is 6.18. The van der Waals surface area contributed by atoms with E-state index in [-0.39, 0.29) is 11.4 Å². The maximum Gasteiger partial charge on any atom is 0.248 e. The molecule has 0 saturated carbocycles. The zero-order chi connectivity index (χ0) is 13.9. The summed E-state index contributed by atoms with van der Waals surface area (Å²) in [5.74, 6) is -0.349. The van der Waals surface area contributed by atoms with E-state index in [4.69, 9.17) is 0 Å². The summed E-state index contributed by atoms with van der Waals surface area (Å²) in [6, 6.07) is 9.70. The molecule has 5 heteroatoms. The van der Waals surface area contributed by atoms with Crippen molar-refractivity contribution in [1.82, 2.24) is 9.97 Å². The number of halogens is 1. The Labute approximate surface area is 114 Å². The van der Waals surface area contributed by atoms with Crippen molar-refractivity contribution in [3.05, 3.63) is 70.5 Å². The lowest BCUT2D eigenvalue weighted by atomic mass is 10.2. The third-order valence-corrected chi connectivity index (χ3v) is 3.04. The highest BCUT2D eigenvalue weighted by molar-refractivity contribution is 5.82. The van der Waals surface area contributed by atoms with Crippen molar-refractivity contribution in [3.63, 3.8) is 0 Å². The van der Waals surface area contributed by atoms with Crippen LogP contribution in [0.15, 0.2) is 53.6 Å². The molecule has 2 N–H and O–H groups in total. The Balaban J connectivity index is 1.91. The molecule has 0 fully saturated rings. The molecular formula is C15H12FN3O. The summed E-state index contributed by atoms with van der Waals surface area (Å²) in [5, 5.41) is 3.68. The van der Waals surface area contributed by atoms with Gasteiger partial charge in [0, 0.05) is 30.4 Å². The first kappa shape index (κ1) is 12.3. The van der Waals surface area contributed by atoms with Gasteiger partial charge in [0.15, 0.2) is 0 Å². The number of nitrogens with one attached hydrogen (secondary N) is 2. The van der Waals surface area contributed by atoms with Crippen molar-refractivity contribution in [1.29, 1.82) is 0 Å². The second-order valence-corrected chi connectivity index (χ2v) is 4.45. The van der Waals surface area contributed by atoms with Gasteiger partial charge in [-0.3, -0.25) is 9.78 Å². The third-order valence-electron chi connectivity index (χ3n) is 3.04. The van der Waals surface area contributed by atoms with Gasteiger partial charge < -0.3 is 10.3 Å². The number of benzene rings is 1. The van der Waals surface area contributed by atoms with E-state index in [1.54, 1.807) is 24.5 Å². The average molecular weight is 269 g/mol. The fraction of sp³-hybridized carbons (Fsp3) is 0.0667. The van der Waals surface area contributed by atoms with E-state index in [1.165, 1.54) is 12.1 Å². The van der Waals surface area contributed by atoms with Crippen LogP contribution in [0.25, 0.3) is 10.9 Å². The molecule has 0 spiro atoms. The van der Waals surface area contributed by atoms with E-state index >= 15 is 0 Å². The maximum absolute atomic E-state index is 14.0. The number of pyridine rings is 2. The summed E-state index contributed by atoms with van der Waals surface area (Å²) in [6.45, 7) is 0.488. The second-order valence-electron chi connectivity index (χ2n) is 4.45. The predicted octanol–water partition coefficient (Wildman–Crippen LogP) is 2.67. The third kappa shape index (κ3) is 2.51. The van der Waals surface area contributed by atoms with Crippen molar-refractivity contribution >= 4 is 16.6 Å². The van der Waals surface area contributed by atoms with Crippen LogP contribution in [0.3, 0.4) is 0 Å². The van der Waals surface area contributed by atoms with Crippen molar-refractivity contribution in [2.75, 3.05) is 5.32 Å². The SMILES string of the molecule is O=c1ccc2cc(F)c(NCc3ccncc3)cc2[nH]1. The van der Waals surface area contributed by atoms with Gasteiger partial charge in [-0.25, -0.2) is 4.39 Å². The van der Waals surface area contributed by atoms with Crippen LogP contribution in [0.4, 0.5) is 10.1 Å². The molecule has 4 nitrogen and oxygen atoms in total. The summed E-state index contributed by atoms with van der Waals surface area (Å²) >= 11 is 0. The molecule has 2 heterocycles. The summed E-state index contributed by atoms with van der Waals surface area (Å²) in [7, 11) is 0. The first-order chi connectivity index (χ1) is 9.72. The van der Waals surface area contributed by atoms with Crippen molar-refractivity contribution in [2.45, 2.75) is 6.54 Å². The Kier molecular flexibility index (Phi) is 3.16. The average Bonchev–Trinajstić information content (AvgIpc) is 2.46. The molecule has 0 aliphatic carbocycles. The Hall–Kier alpha value is -2.69. The van der Waals surface area contributed by atoms with Crippen molar-refractivity contribution < 1.29 is 4.39 Å². The Bertz CT molecular complexity index is 799.